The number of para-hydroxylation sites is 1. The van der Waals surface area contributed by atoms with Gasteiger partial charge in [0.05, 0.1) is 11.5 Å². The second-order valence-corrected chi connectivity index (χ2v) is 4.26. The molecule has 1 aromatic heterocycles. The minimum absolute atomic E-state index is 0.0523. The molecule has 1 aromatic carbocycles. The van der Waals surface area contributed by atoms with Gasteiger partial charge >= 0.3 is 5.97 Å². The van der Waals surface area contributed by atoms with Gasteiger partial charge in [-0.25, -0.2) is 4.79 Å². The number of hydrogen-bond acceptors (Lipinski definition) is 5. The molecule has 0 aliphatic rings. The molecule has 18 heavy (non-hydrogen) atoms. The summed E-state index contributed by atoms with van der Waals surface area (Å²) < 4.78 is 5.98. The Morgan fingerprint density at radius 2 is 2.33 bits per heavy atom. The lowest BCUT2D eigenvalue weighted by Gasteiger charge is -2.08. The second-order valence-electron chi connectivity index (χ2n) is 3.41. The Hall–Kier alpha value is -1.96. The van der Waals surface area contributed by atoms with E-state index >= 15 is 0 Å². The van der Waals surface area contributed by atoms with Crippen molar-refractivity contribution < 1.29 is 14.6 Å². The van der Waals surface area contributed by atoms with Crippen molar-refractivity contribution >= 4 is 21.9 Å². The molecule has 0 unspecified atom stereocenters. The summed E-state index contributed by atoms with van der Waals surface area (Å²) in [6.45, 7) is 0.0523. The van der Waals surface area contributed by atoms with Crippen LogP contribution in [0.4, 0.5) is 0 Å². The summed E-state index contributed by atoms with van der Waals surface area (Å²) in [5, 5.41) is 20.4. The van der Waals surface area contributed by atoms with E-state index in [1.165, 1.54) is 10.9 Å². The largest absolute Gasteiger partial charge is 0.483 e. The van der Waals surface area contributed by atoms with Crippen LogP contribution in [-0.4, -0.2) is 31.3 Å². The highest BCUT2D eigenvalue weighted by molar-refractivity contribution is 9.10. The van der Waals surface area contributed by atoms with Crippen LogP contribution in [0.25, 0.3) is 0 Å². The van der Waals surface area contributed by atoms with Crippen molar-refractivity contribution in [2.75, 3.05) is 0 Å². The molecule has 0 saturated carbocycles. The average Bonchev–Trinajstić information content (AvgIpc) is 2.73. The molecule has 0 aliphatic heterocycles. The summed E-state index contributed by atoms with van der Waals surface area (Å²) in [4.78, 5) is 12.3. The predicted molar refractivity (Wildman–Crippen MR) is 64.2 cm³/mol. The van der Waals surface area contributed by atoms with Crippen LogP contribution in [0, 0.1) is 0 Å². The van der Waals surface area contributed by atoms with Gasteiger partial charge in [0.2, 0.25) is 5.82 Å². The van der Waals surface area contributed by atoms with Gasteiger partial charge in [0.1, 0.15) is 11.3 Å². The van der Waals surface area contributed by atoms with Gasteiger partial charge < -0.3 is 9.84 Å². The van der Waals surface area contributed by atoms with E-state index in [2.05, 4.69) is 31.3 Å². The maximum atomic E-state index is 11.0. The number of carboxylic acids is 1. The van der Waals surface area contributed by atoms with Crippen molar-refractivity contribution in [3.05, 3.63) is 34.1 Å². The summed E-state index contributed by atoms with van der Waals surface area (Å²) in [5.74, 6) is -0.430. The first-order chi connectivity index (χ1) is 8.58. The molecule has 2 rings (SSSR count). The number of aryl methyl sites for hydroxylation is 1. The highest BCUT2D eigenvalue weighted by Gasteiger charge is 2.15. The summed E-state index contributed by atoms with van der Waals surface area (Å²) in [7, 11) is 1.64. The van der Waals surface area contributed by atoms with Crippen LogP contribution in [0.1, 0.15) is 16.2 Å². The van der Waals surface area contributed by atoms with Gasteiger partial charge in [0.25, 0.3) is 0 Å². The number of carboxylic acid groups (broad SMARTS) is 1. The van der Waals surface area contributed by atoms with Gasteiger partial charge in [-0.05, 0) is 33.3 Å². The van der Waals surface area contributed by atoms with Crippen LogP contribution >= 0.6 is 15.9 Å². The van der Waals surface area contributed by atoms with Gasteiger partial charge in [0, 0.05) is 0 Å². The van der Waals surface area contributed by atoms with Crippen LogP contribution in [0.15, 0.2) is 22.7 Å². The van der Waals surface area contributed by atoms with E-state index < -0.39 is 5.97 Å². The number of ether oxygens (including phenoxy) is 1. The van der Waals surface area contributed by atoms with E-state index in [1.807, 2.05) is 0 Å². The topological polar surface area (TPSA) is 90.1 Å². The highest BCUT2D eigenvalue weighted by Crippen LogP contribution is 2.29. The second kappa shape index (κ2) is 5.13. The molecule has 0 atom stereocenters. The lowest BCUT2D eigenvalue weighted by Crippen LogP contribution is -2.05. The van der Waals surface area contributed by atoms with Crippen molar-refractivity contribution in [2.45, 2.75) is 6.61 Å². The van der Waals surface area contributed by atoms with Crippen molar-refractivity contribution in [1.29, 1.82) is 0 Å². The molecule has 8 heteroatoms. The summed E-state index contributed by atoms with van der Waals surface area (Å²) >= 11 is 3.24. The Balaban J connectivity index is 2.20. The fourth-order valence-corrected chi connectivity index (χ4v) is 1.82. The van der Waals surface area contributed by atoms with Crippen molar-refractivity contribution in [1.82, 2.24) is 20.2 Å². The van der Waals surface area contributed by atoms with Crippen LogP contribution in [0.2, 0.25) is 0 Å². The Morgan fingerprint density at radius 3 is 2.94 bits per heavy atom. The SMILES string of the molecule is Cn1nnc(COc2c(Br)cccc2C(=O)O)n1. The Kier molecular flexibility index (Phi) is 3.56. The Labute approximate surface area is 111 Å². The highest BCUT2D eigenvalue weighted by atomic mass is 79.9. The predicted octanol–water partition coefficient (Wildman–Crippen LogP) is 1.25. The van der Waals surface area contributed by atoms with Crippen LogP contribution < -0.4 is 4.74 Å². The van der Waals surface area contributed by atoms with E-state index in [4.69, 9.17) is 9.84 Å². The fraction of sp³-hybridized carbons (Fsp3) is 0.200. The van der Waals surface area contributed by atoms with Crippen LogP contribution in [-0.2, 0) is 13.7 Å². The molecule has 7 nitrogen and oxygen atoms in total. The number of halogens is 1. The molecule has 1 N–H and O–H groups in total. The number of carbonyl (C=O) groups is 1. The summed E-state index contributed by atoms with van der Waals surface area (Å²) in [6, 6.07) is 4.79. The van der Waals surface area contributed by atoms with Gasteiger partial charge in [-0.1, -0.05) is 6.07 Å². The third-order valence-corrected chi connectivity index (χ3v) is 2.72. The fourth-order valence-electron chi connectivity index (χ4n) is 1.34. The van der Waals surface area contributed by atoms with Gasteiger partial charge in [0.15, 0.2) is 6.61 Å². The number of benzene rings is 1. The quantitative estimate of drug-likeness (QED) is 0.913. The van der Waals surface area contributed by atoms with Gasteiger partial charge in [-0.2, -0.15) is 4.80 Å². The lowest BCUT2D eigenvalue weighted by molar-refractivity contribution is 0.0691. The van der Waals surface area contributed by atoms with E-state index in [-0.39, 0.29) is 17.9 Å². The number of tetrazole rings is 1. The zero-order valence-corrected chi connectivity index (χ0v) is 11.0. The standard InChI is InChI=1S/C10H9BrN4O3/c1-15-13-8(12-14-15)5-18-9-6(10(16)17)3-2-4-7(9)11/h2-4H,5H2,1H3,(H,16,17). The van der Waals surface area contributed by atoms with Crippen LogP contribution in [0.3, 0.4) is 0 Å². The normalized spacial score (nSPS) is 10.3. The van der Waals surface area contributed by atoms with Crippen molar-refractivity contribution in [3.63, 3.8) is 0 Å². The van der Waals surface area contributed by atoms with Crippen LogP contribution in [0.5, 0.6) is 5.75 Å². The molecule has 0 radical (unpaired) electrons. The van der Waals surface area contributed by atoms with E-state index in [1.54, 1.807) is 19.2 Å². The molecule has 0 amide bonds. The smallest absolute Gasteiger partial charge is 0.339 e. The molecule has 1 heterocycles. The minimum atomic E-state index is -1.06. The van der Waals surface area contributed by atoms with Gasteiger partial charge in [-0.3, -0.25) is 0 Å². The maximum Gasteiger partial charge on any atom is 0.339 e. The van der Waals surface area contributed by atoms with E-state index in [0.29, 0.717) is 10.3 Å². The first kappa shape index (κ1) is 12.5. The summed E-state index contributed by atoms with van der Waals surface area (Å²) in [6.07, 6.45) is 0. The average molecular weight is 313 g/mol. The molecule has 0 spiro atoms. The summed E-state index contributed by atoms with van der Waals surface area (Å²) in [5.41, 5.74) is 0.0771. The number of aromatic carboxylic acids is 1. The number of hydrogen-bond donors (Lipinski definition) is 1. The molecule has 0 bridgehead atoms. The first-order valence-corrected chi connectivity index (χ1v) is 5.74. The third kappa shape index (κ3) is 2.65. The minimum Gasteiger partial charge on any atom is -0.483 e. The van der Waals surface area contributed by atoms with Crippen molar-refractivity contribution in [3.8, 4) is 5.75 Å². The number of aromatic nitrogens is 4. The zero-order valence-electron chi connectivity index (χ0n) is 9.37. The third-order valence-electron chi connectivity index (χ3n) is 2.09. The Morgan fingerprint density at radius 1 is 1.56 bits per heavy atom. The first-order valence-electron chi connectivity index (χ1n) is 4.95. The van der Waals surface area contributed by atoms with Gasteiger partial charge in [-0.15, -0.1) is 10.2 Å². The number of rotatable bonds is 4. The zero-order chi connectivity index (χ0) is 13.1. The molecule has 0 saturated heterocycles. The van der Waals surface area contributed by atoms with E-state index in [0.717, 1.165) is 0 Å². The lowest BCUT2D eigenvalue weighted by atomic mass is 10.2. The molecule has 94 valence electrons. The molecular formula is C10H9BrN4O3. The van der Waals surface area contributed by atoms with E-state index in [9.17, 15) is 4.79 Å². The number of nitrogens with zero attached hydrogens (tertiary/aromatic N) is 4. The molecular weight excluding hydrogens is 304 g/mol. The maximum absolute atomic E-state index is 11.0. The Bertz CT molecular complexity index is 584. The molecule has 0 fully saturated rings. The molecule has 0 aliphatic carbocycles. The van der Waals surface area contributed by atoms with Crippen molar-refractivity contribution in [2.24, 2.45) is 7.05 Å². The monoisotopic (exact) mass is 312 g/mol. The molecule has 2 aromatic rings.